The molecular formula is C22H19NO3. The van der Waals surface area contributed by atoms with Crippen LogP contribution in [0.2, 0.25) is 0 Å². The quantitative estimate of drug-likeness (QED) is 0.520. The first-order valence-electron chi connectivity index (χ1n) is 8.66. The fourth-order valence-corrected chi connectivity index (χ4v) is 3.31. The molecule has 0 saturated carbocycles. The number of aryl methyl sites for hydroxylation is 1. The van der Waals surface area contributed by atoms with Crippen LogP contribution in [0.15, 0.2) is 69.9 Å². The normalized spacial score (nSPS) is 11.1. The predicted molar refractivity (Wildman–Crippen MR) is 105 cm³/mol. The van der Waals surface area contributed by atoms with E-state index < -0.39 is 5.63 Å². The number of hydrogen-bond acceptors (Lipinski definition) is 4. The number of phenols is 1. The van der Waals surface area contributed by atoms with Crippen LogP contribution in [-0.2, 0) is 13.0 Å². The van der Waals surface area contributed by atoms with Gasteiger partial charge in [-0.15, -0.1) is 0 Å². The van der Waals surface area contributed by atoms with E-state index in [4.69, 9.17) is 4.42 Å². The molecule has 3 aromatic carbocycles. The third-order valence-electron chi connectivity index (χ3n) is 4.67. The molecule has 4 rings (SSSR count). The summed E-state index contributed by atoms with van der Waals surface area (Å²) in [5.74, 6) is 0.155. The highest BCUT2D eigenvalue weighted by Crippen LogP contribution is 2.28. The first kappa shape index (κ1) is 16.2. The number of rotatable bonds is 4. The number of fused-ring (bicyclic) bond motifs is 2. The molecule has 1 aromatic heterocycles. The largest absolute Gasteiger partial charge is 0.508 e. The number of anilines is 1. The van der Waals surface area contributed by atoms with Crippen LogP contribution in [0.3, 0.4) is 0 Å². The van der Waals surface area contributed by atoms with Crippen molar-refractivity contribution in [3.8, 4) is 5.75 Å². The lowest BCUT2D eigenvalue weighted by Gasteiger charge is -2.12. The minimum Gasteiger partial charge on any atom is -0.508 e. The number of phenolic OH excluding ortho intramolecular Hbond substituents is 1. The summed E-state index contributed by atoms with van der Waals surface area (Å²) >= 11 is 0. The Morgan fingerprint density at radius 3 is 2.62 bits per heavy atom. The molecule has 0 aliphatic rings. The van der Waals surface area contributed by atoms with Gasteiger partial charge < -0.3 is 14.8 Å². The predicted octanol–water partition coefficient (Wildman–Crippen LogP) is 4.83. The van der Waals surface area contributed by atoms with Crippen LogP contribution in [0.5, 0.6) is 5.75 Å². The van der Waals surface area contributed by atoms with E-state index in [1.807, 2.05) is 37.3 Å². The zero-order chi connectivity index (χ0) is 18.1. The molecule has 0 bridgehead atoms. The highest BCUT2D eigenvalue weighted by Gasteiger charge is 2.10. The van der Waals surface area contributed by atoms with E-state index in [1.165, 1.54) is 12.1 Å². The fraction of sp³-hybridized carbons (Fsp3) is 0.136. The second kappa shape index (κ2) is 6.56. The second-order valence-electron chi connectivity index (χ2n) is 6.30. The minimum atomic E-state index is -0.420. The summed E-state index contributed by atoms with van der Waals surface area (Å²) in [6.07, 6.45) is 0.705. The van der Waals surface area contributed by atoms with Crippen molar-refractivity contribution in [1.29, 1.82) is 0 Å². The lowest BCUT2D eigenvalue weighted by Crippen LogP contribution is -2.06. The van der Waals surface area contributed by atoms with E-state index in [0.717, 1.165) is 33.0 Å². The van der Waals surface area contributed by atoms with Gasteiger partial charge in [0.15, 0.2) is 0 Å². The molecule has 0 amide bonds. The van der Waals surface area contributed by atoms with Crippen molar-refractivity contribution in [2.45, 2.75) is 19.9 Å². The Kier molecular flexibility index (Phi) is 4.09. The van der Waals surface area contributed by atoms with Gasteiger partial charge in [0.25, 0.3) is 0 Å². The topological polar surface area (TPSA) is 62.5 Å². The maximum atomic E-state index is 11.9. The maximum Gasteiger partial charge on any atom is 0.336 e. The summed E-state index contributed by atoms with van der Waals surface area (Å²) in [5.41, 5.74) is 2.67. The summed E-state index contributed by atoms with van der Waals surface area (Å²) in [7, 11) is 0. The average Bonchev–Trinajstić information content (AvgIpc) is 2.65. The molecular weight excluding hydrogens is 326 g/mol. The van der Waals surface area contributed by atoms with Crippen LogP contribution in [0.1, 0.15) is 18.1 Å². The Morgan fingerprint density at radius 2 is 1.77 bits per heavy atom. The van der Waals surface area contributed by atoms with Crippen LogP contribution in [0, 0.1) is 0 Å². The van der Waals surface area contributed by atoms with Gasteiger partial charge in [0.2, 0.25) is 0 Å². The molecule has 130 valence electrons. The minimum absolute atomic E-state index is 0.155. The van der Waals surface area contributed by atoms with Crippen LogP contribution < -0.4 is 10.9 Å². The van der Waals surface area contributed by atoms with Gasteiger partial charge in [0.05, 0.1) is 0 Å². The van der Waals surface area contributed by atoms with Crippen molar-refractivity contribution in [1.82, 2.24) is 0 Å². The molecule has 1 heterocycles. The van der Waals surface area contributed by atoms with Gasteiger partial charge in [-0.1, -0.05) is 43.3 Å². The van der Waals surface area contributed by atoms with E-state index >= 15 is 0 Å². The highest BCUT2D eigenvalue weighted by molar-refractivity contribution is 5.94. The summed E-state index contributed by atoms with van der Waals surface area (Å²) in [5, 5.41) is 16.6. The third-order valence-corrected chi connectivity index (χ3v) is 4.67. The zero-order valence-corrected chi connectivity index (χ0v) is 14.5. The average molecular weight is 345 g/mol. The standard InChI is InChI=1S/C22H19NO3/c1-2-14-10-18-16(11-22(25)26-21(18)12-20(14)24)13-23-19-9-5-7-15-6-3-4-8-17(15)19/h3-12,23-24H,2,13H2,1H3. The summed E-state index contributed by atoms with van der Waals surface area (Å²) in [6, 6.07) is 19.2. The van der Waals surface area contributed by atoms with Crippen LogP contribution >= 0.6 is 0 Å². The monoisotopic (exact) mass is 345 g/mol. The van der Waals surface area contributed by atoms with Crippen molar-refractivity contribution in [2.24, 2.45) is 0 Å². The van der Waals surface area contributed by atoms with Gasteiger partial charge in [-0.3, -0.25) is 0 Å². The third kappa shape index (κ3) is 2.90. The van der Waals surface area contributed by atoms with E-state index in [2.05, 4.69) is 23.5 Å². The molecule has 0 spiro atoms. The molecule has 0 saturated heterocycles. The highest BCUT2D eigenvalue weighted by atomic mass is 16.4. The van der Waals surface area contributed by atoms with Gasteiger partial charge in [-0.25, -0.2) is 4.79 Å². The summed E-state index contributed by atoms with van der Waals surface area (Å²) in [4.78, 5) is 11.9. The molecule has 4 aromatic rings. The first-order valence-corrected chi connectivity index (χ1v) is 8.66. The van der Waals surface area contributed by atoms with Gasteiger partial charge >= 0.3 is 5.63 Å². The second-order valence-corrected chi connectivity index (χ2v) is 6.30. The van der Waals surface area contributed by atoms with Crippen molar-refractivity contribution < 1.29 is 9.52 Å². The van der Waals surface area contributed by atoms with E-state index in [-0.39, 0.29) is 5.75 Å². The van der Waals surface area contributed by atoms with E-state index in [9.17, 15) is 9.90 Å². The van der Waals surface area contributed by atoms with E-state index in [1.54, 1.807) is 0 Å². The molecule has 26 heavy (non-hydrogen) atoms. The zero-order valence-electron chi connectivity index (χ0n) is 14.5. The Bertz CT molecular complexity index is 1160. The molecule has 0 aliphatic heterocycles. The van der Waals surface area contributed by atoms with Gasteiger partial charge in [0.1, 0.15) is 11.3 Å². The summed E-state index contributed by atoms with van der Waals surface area (Å²) in [6.45, 7) is 2.47. The summed E-state index contributed by atoms with van der Waals surface area (Å²) < 4.78 is 5.26. The molecule has 4 heteroatoms. The lowest BCUT2D eigenvalue weighted by molar-refractivity contribution is 0.466. The van der Waals surface area contributed by atoms with Crippen LogP contribution in [0.25, 0.3) is 21.7 Å². The molecule has 0 aliphatic carbocycles. The molecule has 0 atom stereocenters. The van der Waals surface area contributed by atoms with Gasteiger partial charge in [-0.2, -0.15) is 0 Å². The SMILES string of the molecule is CCc1cc2c(CNc3cccc4ccccc34)cc(=O)oc2cc1O. The number of aromatic hydroxyl groups is 1. The molecule has 0 unspecified atom stereocenters. The van der Waals surface area contributed by atoms with Gasteiger partial charge in [0, 0.05) is 35.1 Å². The Labute approximate surface area is 150 Å². The van der Waals surface area contributed by atoms with Crippen molar-refractivity contribution in [3.05, 3.63) is 82.2 Å². The molecule has 0 radical (unpaired) electrons. The number of benzene rings is 3. The van der Waals surface area contributed by atoms with Gasteiger partial charge in [-0.05, 0) is 35.1 Å². The first-order chi connectivity index (χ1) is 12.7. The Hall–Kier alpha value is -3.27. The number of hydrogen-bond donors (Lipinski definition) is 2. The Morgan fingerprint density at radius 1 is 0.962 bits per heavy atom. The van der Waals surface area contributed by atoms with E-state index in [0.29, 0.717) is 18.5 Å². The van der Waals surface area contributed by atoms with Crippen molar-refractivity contribution in [2.75, 3.05) is 5.32 Å². The fourth-order valence-electron chi connectivity index (χ4n) is 3.31. The van der Waals surface area contributed by atoms with Crippen molar-refractivity contribution in [3.63, 3.8) is 0 Å². The molecule has 2 N–H and O–H groups in total. The molecule has 4 nitrogen and oxygen atoms in total. The van der Waals surface area contributed by atoms with Crippen LogP contribution in [0.4, 0.5) is 5.69 Å². The molecule has 0 fully saturated rings. The van der Waals surface area contributed by atoms with Crippen molar-refractivity contribution >= 4 is 27.4 Å². The van der Waals surface area contributed by atoms with Crippen LogP contribution in [-0.4, -0.2) is 5.11 Å². The number of nitrogens with one attached hydrogen (secondary N) is 1. The maximum absolute atomic E-state index is 11.9. The smallest absolute Gasteiger partial charge is 0.336 e. The lowest BCUT2D eigenvalue weighted by atomic mass is 10.0. The Balaban J connectivity index is 1.76.